The Morgan fingerprint density at radius 1 is 0.938 bits per heavy atom. The normalized spacial score (nSPS) is 11.0. The maximum Gasteiger partial charge on any atom is 0.180 e. The number of tetrazole rings is 1. The van der Waals surface area contributed by atoms with E-state index in [2.05, 4.69) is 62.8 Å². The van der Waals surface area contributed by atoms with Crippen molar-refractivity contribution in [1.29, 1.82) is 0 Å². The summed E-state index contributed by atoms with van der Waals surface area (Å²) in [5.74, 6) is 2.51. The molecule has 1 N–H and O–H groups in total. The number of aromatic nitrogens is 6. The summed E-state index contributed by atoms with van der Waals surface area (Å²) in [7, 11) is 4.10. The van der Waals surface area contributed by atoms with E-state index in [1.807, 2.05) is 39.2 Å². The van der Waals surface area contributed by atoms with Gasteiger partial charge in [0.05, 0.1) is 0 Å². The number of H-pyrrole nitrogens is 1. The third-order valence-corrected chi connectivity index (χ3v) is 5.55. The van der Waals surface area contributed by atoms with Crippen molar-refractivity contribution in [3.63, 3.8) is 0 Å². The van der Waals surface area contributed by atoms with Crippen molar-refractivity contribution in [2.75, 3.05) is 19.0 Å². The molecular formula is C25H29N7. The van der Waals surface area contributed by atoms with Crippen molar-refractivity contribution < 1.29 is 0 Å². The first-order chi connectivity index (χ1) is 15.6. The van der Waals surface area contributed by atoms with E-state index in [9.17, 15) is 0 Å². The van der Waals surface area contributed by atoms with Crippen LogP contribution in [0.2, 0.25) is 0 Å². The van der Waals surface area contributed by atoms with Gasteiger partial charge < -0.3 is 4.90 Å². The molecule has 0 aliphatic heterocycles. The van der Waals surface area contributed by atoms with Crippen LogP contribution in [0.15, 0.2) is 48.5 Å². The van der Waals surface area contributed by atoms with E-state index in [0.29, 0.717) is 5.82 Å². The van der Waals surface area contributed by atoms with Gasteiger partial charge in [0.25, 0.3) is 0 Å². The molecule has 0 saturated carbocycles. The molecule has 0 spiro atoms. The summed E-state index contributed by atoms with van der Waals surface area (Å²) in [5, 5.41) is 14.4. The van der Waals surface area contributed by atoms with Gasteiger partial charge in [-0.25, -0.2) is 15.1 Å². The molecule has 0 atom stereocenters. The predicted molar refractivity (Wildman–Crippen MR) is 128 cm³/mol. The van der Waals surface area contributed by atoms with E-state index in [-0.39, 0.29) is 0 Å². The fourth-order valence-corrected chi connectivity index (χ4v) is 3.96. The minimum absolute atomic E-state index is 0.665. The molecule has 164 valence electrons. The number of aromatic amines is 1. The summed E-state index contributed by atoms with van der Waals surface area (Å²) < 4.78 is 0. The van der Waals surface area contributed by atoms with Gasteiger partial charge in [-0.3, -0.25) is 0 Å². The molecule has 2 aromatic heterocycles. The molecule has 0 saturated heterocycles. The maximum atomic E-state index is 4.80. The minimum atomic E-state index is 0.665. The van der Waals surface area contributed by atoms with Crippen LogP contribution in [0.4, 0.5) is 5.82 Å². The zero-order valence-corrected chi connectivity index (χ0v) is 19.1. The lowest BCUT2D eigenvalue weighted by atomic mass is 9.96. The molecule has 4 rings (SSSR count). The van der Waals surface area contributed by atoms with Gasteiger partial charge in [0.15, 0.2) is 5.82 Å². The zero-order valence-electron chi connectivity index (χ0n) is 19.1. The van der Waals surface area contributed by atoms with Crippen molar-refractivity contribution in [3.8, 4) is 22.5 Å². The van der Waals surface area contributed by atoms with Crippen LogP contribution >= 0.6 is 0 Å². The number of hydrogen-bond donors (Lipinski definition) is 1. The van der Waals surface area contributed by atoms with E-state index in [1.54, 1.807) is 0 Å². The van der Waals surface area contributed by atoms with Crippen LogP contribution in [0.5, 0.6) is 0 Å². The Bertz CT molecular complexity index is 1170. The summed E-state index contributed by atoms with van der Waals surface area (Å²) in [6, 6.07) is 16.8. The van der Waals surface area contributed by atoms with Crippen molar-refractivity contribution in [1.82, 2.24) is 30.6 Å². The van der Waals surface area contributed by atoms with Crippen LogP contribution in [0, 0.1) is 6.92 Å². The number of unbranched alkanes of at least 4 members (excludes halogenated alkanes) is 1. The summed E-state index contributed by atoms with van der Waals surface area (Å²) in [6.45, 7) is 4.19. The Morgan fingerprint density at radius 3 is 2.34 bits per heavy atom. The highest BCUT2D eigenvalue weighted by atomic mass is 15.5. The largest absolute Gasteiger partial charge is 0.362 e. The summed E-state index contributed by atoms with van der Waals surface area (Å²) in [5.41, 5.74) is 6.81. The summed E-state index contributed by atoms with van der Waals surface area (Å²) in [6.07, 6.45) is 4.06. The van der Waals surface area contributed by atoms with Crippen molar-refractivity contribution in [2.45, 2.75) is 39.5 Å². The first-order valence-corrected chi connectivity index (χ1v) is 11.0. The number of hydrogen-bond acceptors (Lipinski definition) is 6. The van der Waals surface area contributed by atoms with Gasteiger partial charge in [0, 0.05) is 37.3 Å². The van der Waals surface area contributed by atoms with Gasteiger partial charge >= 0.3 is 0 Å². The predicted octanol–water partition coefficient (Wildman–Crippen LogP) is 4.63. The monoisotopic (exact) mass is 427 g/mol. The van der Waals surface area contributed by atoms with Crippen LogP contribution < -0.4 is 4.90 Å². The Labute approximate surface area is 188 Å². The van der Waals surface area contributed by atoms with Crippen LogP contribution in [0.1, 0.15) is 42.4 Å². The van der Waals surface area contributed by atoms with Gasteiger partial charge in [-0.2, -0.15) is 0 Å². The molecule has 0 aliphatic carbocycles. The van der Waals surface area contributed by atoms with Crippen molar-refractivity contribution in [2.24, 2.45) is 0 Å². The van der Waals surface area contributed by atoms with Crippen LogP contribution in [0.3, 0.4) is 0 Å². The fourth-order valence-electron chi connectivity index (χ4n) is 3.96. The van der Waals surface area contributed by atoms with Gasteiger partial charge in [-0.05, 0) is 46.9 Å². The van der Waals surface area contributed by atoms with Crippen molar-refractivity contribution >= 4 is 5.82 Å². The second kappa shape index (κ2) is 9.68. The second-order valence-electron chi connectivity index (χ2n) is 8.19. The molecule has 4 aromatic rings. The molecule has 2 heterocycles. The SMILES string of the molecule is CCCCc1nc(C)nc(N(C)C)c1Cc1ccc(-c2ccccc2-c2nnn[nH]2)cc1. The molecule has 0 aliphatic rings. The Morgan fingerprint density at radius 2 is 1.69 bits per heavy atom. The first-order valence-electron chi connectivity index (χ1n) is 11.0. The average molecular weight is 428 g/mol. The fraction of sp³-hybridized carbons (Fsp3) is 0.320. The number of aryl methyl sites for hydroxylation is 2. The van der Waals surface area contributed by atoms with E-state index in [1.165, 1.54) is 11.1 Å². The molecule has 0 unspecified atom stereocenters. The topological polar surface area (TPSA) is 83.5 Å². The Balaban J connectivity index is 1.66. The average Bonchev–Trinajstić information content (AvgIpc) is 3.34. The third kappa shape index (κ3) is 4.66. The van der Waals surface area contributed by atoms with Crippen LogP contribution in [-0.4, -0.2) is 44.7 Å². The van der Waals surface area contributed by atoms with Crippen LogP contribution in [-0.2, 0) is 12.8 Å². The number of nitrogens with zero attached hydrogens (tertiary/aromatic N) is 6. The molecule has 7 nitrogen and oxygen atoms in total. The highest BCUT2D eigenvalue weighted by Gasteiger charge is 2.16. The van der Waals surface area contributed by atoms with E-state index in [4.69, 9.17) is 9.97 Å². The molecule has 0 amide bonds. The lowest BCUT2D eigenvalue weighted by molar-refractivity contribution is 0.755. The summed E-state index contributed by atoms with van der Waals surface area (Å²) >= 11 is 0. The minimum Gasteiger partial charge on any atom is -0.362 e. The molecule has 32 heavy (non-hydrogen) atoms. The van der Waals surface area contributed by atoms with E-state index >= 15 is 0 Å². The number of rotatable bonds is 8. The molecule has 0 radical (unpaired) electrons. The lowest BCUT2D eigenvalue weighted by Gasteiger charge is -2.20. The van der Waals surface area contributed by atoms with Crippen LogP contribution in [0.25, 0.3) is 22.5 Å². The Kier molecular flexibility index (Phi) is 6.54. The molecule has 0 bridgehead atoms. The Hall–Kier alpha value is -3.61. The summed E-state index contributed by atoms with van der Waals surface area (Å²) in [4.78, 5) is 11.6. The third-order valence-electron chi connectivity index (χ3n) is 5.55. The molecule has 2 aromatic carbocycles. The molecule has 7 heteroatoms. The highest BCUT2D eigenvalue weighted by molar-refractivity contribution is 5.80. The van der Waals surface area contributed by atoms with Gasteiger partial charge in [0.2, 0.25) is 0 Å². The number of anilines is 1. The second-order valence-corrected chi connectivity index (χ2v) is 8.19. The first kappa shape index (κ1) is 21.6. The van der Waals surface area contributed by atoms with Gasteiger partial charge in [0.1, 0.15) is 11.6 Å². The standard InChI is InChI=1S/C25H29N7/c1-5-6-11-23-22(25(32(3)4)27-17(2)26-23)16-18-12-14-19(15-13-18)20-9-7-8-10-21(20)24-28-30-31-29-24/h7-10,12-15H,5-6,11,16H2,1-4H3,(H,28,29,30,31). The molecular weight excluding hydrogens is 398 g/mol. The number of nitrogens with one attached hydrogen (secondary N) is 1. The van der Waals surface area contributed by atoms with Gasteiger partial charge in [-0.1, -0.05) is 61.9 Å². The highest BCUT2D eigenvalue weighted by Crippen LogP contribution is 2.31. The van der Waals surface area contributed by atoms with Crippen molar-refractivity contribution in [3.05, 3.63) is 71.2 Å². The maximum absolute atomic E-state index is 4.80. The van der Waals surface area contributed by atoms with Gasteiger partial charge in [-0.15, -0.1) is 5.10 Å². The molecule has 0 fully saturated rings. The van der Waals surface area contributed by atoms with E-state index in [0.717, 1.165) is 59.7 Å². The zero-order chi connectivity index (χ0) is 22.5. The lowest BCUT2D eigenvalue weighted by Crippen LogP contribution is -2.17. The number of benzene rings is 2. The smallest absolute Gasteiger partial charge is 0.180 e. The van der Waals surface area contributed by atoms with E-state index < -0.39 is 0 Å². The quantitative estimate of drug-likeness (QED) is 0.441.